The van der Waals surface area contributed by atoms with Gasteiger partial charge in [-0.2, -0.15) is 0 Å². The fourth-order valence-corrected chi connectivity index (χ4v) is 2.37. The van der Waals surface area contributed by atoms with Crippen molar-refractivity contribution in [3.63, 3.8) is 0 Å². The molecular formula is C13H18BrFO. The Balaban J connectivity index is 2.89. The molecular weight excluding hydrogens is 271 g/mol. The SMILES string of the molecule is CCCC(C)(CO)Cc1cc(Br)ccc1F. The Bertz CT molecular complexity index is 354. The first kappa shape index (κ1) is 13.7. The maximum Gasteiger partial charge on any atom is 0.126 e. The zero-order valence-electron chi connectivity index (χ0n) is 9.76. The van der Waals surface area contributed by atoms with Crippen LogP contribution in [0.4, 0.5) is 4.39 Å². The third-order valence-corrected chi connectivity index (χ3v) is 3.35. The van der Waals surface area contributed by atoms with Gasteiger partial charge in [0.25, 0.3) is 0 Å². The average Bonchev–Trinajstić information content (AvgIpc) is 2.24. The van der Waals surface area contributed by atoms with Crippen LogP contribution < -0.4 is 0 Å². The number of hydrogen-bond donors (Lipinski definition) is 1. The lowest BCUT2D eigenvalue weighted by atomic mass is 9.80. The summed E-state index contributed by atoms with van der Waals surface area (Å²) in [6.45, 7) is 4.16. The molecule has 3 heteroatoms. The van der Waals surface area contributed by atoms with Crippen LogP contribution in [0.2, 0.25) is 0 Å². The number of aliphatic hydroxyl groups excluding tert-OH is 1. The van der Waals surface area contributed by atoms with E-state index in [0.29, 0.717) is 12.0 Å². The van der Waals surface area contributed by atoms with E-state index in [9.17, 15) is 9.50 Å². The van der Waals surface area contributed by atoms with Gasteiger partial charge in [0.1, 0.15) is 5.82 Å². The Morgan fingerprint density at radius 2 is 2.12 bits per heavy atom. The first-order chi connectivity index (χ1) is 7.50. The molecule has 0 bridgehead atoms. The number of hydrogen-bond acceptors (Lipinski definition) is 1. The van der Waals surface area contributed by atoms with Gasteiger partial charge in [0.2, 0.25) is 0 Å². The summed E-state index contributed by atoms with van der Waals surface area (Å²) in [4.78, 5) is 0. The van der Waals surface area contributed by atoms with E-state index in [-0.39, 0.29) is 17.8 Å². The summed E-state index contributed by atoms with van der Waals surface area (Å²) >= 11 is 3.34. The van der Waals surface area contributed by atoms with Gasteiger partial charge in [0.15, 0.2) is 0 Å². The van der Waals surface area contributed by atoms with E-state index < -0.39 is 0 Å². The van der Waals surface area contributed by atoms with Crippen molar-refractivity contribution in [3.05, 3.63) is 34.1 Å². The summed E-state index contributed by atoms with van der Waals surface area (Å²) in [7, 11) is 0. The lowest BCUT2D eigenvalue weighted by Crippen LogP contribution is -2.24. The first-order valence-electron chi connectivity index (χ1n) is 5.55. The minimum Gasteiger partial charge on any atom is -0.396 e. The molecule has 0 fully saturated rings. The molecule has 0 radical (unpaired) electrons. The molecule has 0 spiro atoms. The zero-order valence-corrected chi connectivity index (χ0v) is 11.3. The average molecular weight is 289 g/mol. The van der Waals surface area contributed by atoms with Crippen molar-refractivity contribution in [3.8, 4) is 0 Å². The van der Waals surface area contributed by atoms with Gasteiger partial charge in [-0.3, -0.25) is 0 Å². The highest BCUT2D eigenvalue weighted by atomic mass is 79.9. The van der Waals surface area contributed by atoms with Crippen LogP contribution in [0.1, 0.15) is 32.3 Å². The summed E-state index contributed by atoms with van der Waals surface area (Å²) < 4.78 is 14.4. The third kappa shape index (κ3) is 3.56. The van der Waals surface area contributed by atoms with Gasteiger partial charge in [0.05, 0.1) is 0 Å². The maximum absolute atomic E-state index is 13.6. The molecule has 0 heterocycles. The highest BCUT2D eigenvalue weighted by Crippen LogP contribution is 2.29. The Labute approximate surface area is 105 Å². The summed E-state index contributed by atoms with van der Waals surface area (Å²) in [5.74, 6) is -0.195. The van der Waals surface area contributed by atoms with Gasteiger partial charge in [-0.1, -0.05) is 36.2 Å². The highest BCUT2D eigenvalue weighted by Gasteiger charge is 2.24. The van der Waals surface area contributed by atoms with Crippen LogP contribution in [0, 0.1) is 11.2 Å². The van der Waals surface area contributed by atoms with Gasteiger partial charge >= 0.3 is 0 Å². The molecule has 0 saturated heterocycles. The van der Waals surface area contributed by atoms with Crippen LogP contribution in [0.3, 0.4) is 0 Å². The van der Waals surface area contributed by atoms with Crippen molar-refractivity contribution < 1.29 is 9.50 Å². The standard InChI is InChI=1S/C13H18BrFO/c1-3-6-13(2,9-16)8-10-7-11(14)4-5-12(10)15/h4-5,7,16H,3,6,8-9H2,1-2H3. The Morgan fingerprint density at radius 3 is 2.69 bits per heavy atom. The third-order valence-electron chi connectivity index (χ3n) is 2.86. The van der Waals surface area contributed by atoms with E-state index in [1.165, 1.54) is 6.07 Å². The molecule has 1 aromatic rings. The van der Waals surface area contributed by atoms with E-state index in [0.717, 1.165) is 17.3 Å². The minimum absolute atomic E-state index is 0.0901. The van der Waals surface area contributed by atoms with E-state index in [2.05, 4.69) is 22.9 Å². The molecule has 1 aromatic carbocycles. The summed E-state index contributed by atoms with van der Waals surface area (Å²) in [6, 6.07) is 4.94. The van der Waals surface area contributed by atoms with Crippen LogP contribution >= 0.6 is 15.9 Å². The predicted molar refractivity (Wildman–Crippen MR) is 67.9 cm³/mol. The van der Waals surface area contributed by atoms with Crippen LogP contribution in [0.25, 0.3) is 0 Å². The van der Waals surface area contributed by atoms with E-state index in [4.69, 9.17) is 0 Å². The molecule has 1 atom stereocenters. The monoisotopic (exact) mass is 288 g/mol. The van der Waals surface area contributed by atoms with Crippen molar-refractivity contribution in [1.29, 1.82) is 0 Å². The second kappa shape index (κ2) is 5.78. The molecule has 0 aliphatic heterocycles. The molecule has 1 rings (SSSR count). The topological polar surface area (TPSA) is 20.2 Å². The number of benzene rings is 1. The van der Waals surface area contributed by atoms with Crippen molar-refractivity contribution in [2.75, 3.05) is 6.61 Å². The predicted octanol–water partition coefficient (Wildman–Crippen LogP) is 3.93. The van der Waals surface area contributed by atoms with Crippen molar-refractivity contribution >= 4 is 15.9 Å². The van der Waals surface area contributed by atoms with Gasteiger partial charge in [-0.05, 0) is 42.0 Å². The molecule has 1 unspecified atom stereocenters. The number of rotatable bonds is 5. The van der Waals surface area contributed by atoms with Gasteiger partial charge < -0.3 is 5.11 Å². The van der Waals surface area contributed by atoms with Crippen molar-refractivity contribution in [1.82, 2.24) is 0 Å². The van der Waals surface area contributed by atoms with E-state index in [1.807, 2.05) is 6.92 Å². The lowest BCUT2D eigenvalue weighted by molar-refractivity contribution is 0.130. The minimum atomic E-state index is -0.226. The van der Waals surface area contributed by atoms with Crippen LogP contribution in [0.15, 0.2) is 22.7 Å². The molecule has 0 saturated carbocycles. The molecule has 16 heavy (non-hydrogen) atoms. The largest absolute Gasteiger partial charge is 0.396 e. The van der Waals surface area contributed by atoms with Crippen LogP contribution in [-0.4, -0.2) is 11.7 Å². The Hall–Kier alpha value is -0.410. The Morgan fingerprint density at radius 1 is 1.44 bits per heavy atom. The molecule has 1 nitrogen and oxygen atoms in total. The number of halogens is 2. The smallest absolute Gasteiger partial charge is 0.126 e. The molecule has 0 aliphatic carbocycles. The normalized spacial score (nSPS) is 14.8. The second-order valence-corrected chi connectivity index (χ2v) is 5.55. The van der Waals surface area contributed by atoms with Crippen LogP contribution in [-0.2, 0) is 6.42 Å². The first-order valence-corrected chi connectivity index (χ1v) is 6.35. The maximum atomic E-state index is 13.6. The summed E-state index contributed by atoms with van der Waals surface area (Å²) in [5, 5.41) is 9.40. The highest BCUT2D eigenvalue weighted by molar-refractivity contribution is 9.10. The summed E-state index contributed by atoms with van der Waals surface area (Å²) in [5.41, 5.74) is 0.440. The van der Waals surface area contributed by atoms with Crippen LogP contribution in [0.5, 0.6) is 0 Å². The van der Waals surface area contributed by atoms with E-state index in [1.54, 1.807) is 12.1 Å². The van der Waals surface area contributed by atoms with E-state index >= 15 is 0 Å². The van der Waals surface area contributed by atoms with Crippen molar-refractivity contribution in [2.45, 2.75) is 33.1 Å². The molecule has 0 aromatic heterocycles. The van der Waals surface area contributed by atoms with Crippen molar-refractivity contribution in [2.24, 2.45) is 5.41 Å². The second-order valence-electron chi connectivity index (χ2n) is 4.63. The van der Waals surface area contributed by atoms with Gasteiger partial charge in [-0.25, -0.2) is 4.39 Å². The van der Waals surface area contributed by atoms with Gasteiger partial charge in [-0.15, -0.1) is 0 Å². The molecule has 0 amide bonds. The zero-order chi connectivity index (χ0) is 12.2. The fraction of sp³-hybridized carbons (Fsp3) is 0.538. The lowest BCUT2D eigenvalue weighted by Gasteiger charge is -2.27. The fourth-order valence-electron chi connectivity index (χ4n) is 1.97. The molecule has 1 N–H and O–H groups in total. The Kier molecular flexibility index (Phi) is 4.93. The molecule has 0 aliphatic rings. The summed E-state index contributed by atoms with van der Waals surface area (Å²) in [6.07, 6.45) is 2.46. The molecule has 90 valence electrons. The number of aliphatic hydroxyl groups is 1. The quantitative estimate of drug-likeness (QED) is 0.870. The van der Waals surface area contributed by atoms with Gasteiger partial charge in [0, 0.05) is 11.1 Å².